The van der Waals surface area contributed by atoms with Crippen LogP contribution in [0.5, 0.6) is 0 Å². The summed E-state index contributed by atoms with van der Waals surface area (Å²) < 4.78 is 1.76. The number of halogens is 2. The minimum Gasteiger partial charge on any atom is -0.271 e. The van der Waals surface area contributed by atoms with Crippen molar-refractivity contribution in [1.82, 2.24) is 9.78 Å². The average Bonchev–Trinajstić information content (AvgIpc) is 2.30. The molecule has 1 aromatic heterocycles. The standard InChI is InChI=1S/C6H8Cl2N2/c1-2-10-4-5(8)6(3-7)9-10/h4H,2-3H2,1H3. The quantitative estimate of drug-likeness (QED) is 0.637. The van der Waals surface area contributed by atoms with Crippen molar-refractivity contribution < 1.29 is 0 Å². The molecule has 0 atom stereocenters. The van der Waals surface area contributed by atoms with Crippen molar-refractivity contribution in [1.29, 1.82) is 0 Å². The Kier molecular flexibility index (Phi) is 2.57. The van der Waals surface area contributed by atoms with Gasteiger partial charge in [0.2, 0.25) is 0 Å². The summed E-state index contributed by atoms with van der Waals surface area (Å²) in [6.07, 6.45) is 1.78. The van der Waals surface area contributed by atoms with Gasteiger partial charge in [-0.05, 0) is 6.92 Å². The zero-order valence-electron chi connectivity index (χ0n) is 5.64. The Morgan fingerprint density at radius 1 is 1.70 bits per heavy atom. The van der Waals surface area contributed by atoms with Gasteiger partial charge in [-0.15, -0.1) is 11.6 Å². The summed E-state index contributed by atoms with van der Waals surface area (Å²) in [6.45, 7) is 2.83. The average molecular weight is 179 g/mol. The number of aryl methyl sites for hydroxylation is 1. The first kappa shape index (κ1) is 7.89. The van der Waals surface area contributed by atoms with E-state index in [1.165, 1.54) is 0 Å². The molecule has 0 amide bonds. The van der Waals surface area contributed by atoms with Crippen LogP contribution in [0.25, 0.3) is 0 Å². The van der Waals surface area contributed by atoms with Gasteiger partial charge in [0.15, 0.2) is 0 Å². The van der Waals surface area contributed by atoms with Gasteiger partial charge in [-0.3, -0.25) is 4.68 Å². The Bertz CT molecular complexity index is 220. The smallest absolute Gasteiger partial charge is 0.0958 e. The van der Waals surface area contributed by atoms with E-state index in [-0.39, 0.29) is 0 Å². The van der Waals surface area contributed by atoms with Crippen molar-refractivity contribution in [3.05, 3.63) is 16.9 Å². The van der Waals surface area contributed by atoms with E-state index < -0.39 is 0 Å². The molecule has 0 aromatic carbocycles. The second kappa shape index (κ2) is 3.26. The highest BCUT2D eigenvalue weighted by Crippen LogP contribution is 2.15. The van der Waals surface area contributed by atoms with Crippen LogP contribution in [0.15, 0.2) is 6.20 Å². The predicted molar refractivity (Wildman–Crippen MR) is 42.5 cm³/mol. The molecule has 0 fully saturated rings. The first-order valence-electron chi connectivity index (χ1n) is 3.05. The van der Waals surface area contributed by atoms with E-state index in [4.69, 9.17) is 23.2 Å². The van der Waals surface area contributed by atoms with Gasteiger partial charge in [0, 0.05) is 12.7 Å². The fourth-order valence-corrected chi connectivity index (χ4v) is 1.17. The van der Waals surface area contributed by atoms with E-state index >= 15 is 0 Å². The molecule has 0 saturated carbocycles. The van der Waals surface area contributed by atoms with Crippen LogP contribution in [-0.4, -0.2) is 9.78 Å². The van der Waals surface area contributed by atoms with Crippen molar-refractivity contribution in [2.45, 2.75) is 19.3 Å². The fraction of sp³-hybridized carbons (Fsp3) is 0.500. The van der Waals surface area contributed by atoms with Gasteiger partial charge >= 0.3 is 0 Å². The summed E-state index contributed by atoms with van der Waals surface area (Å²) in [4.78, 5) is 0. The molecule has 0 radical (unpaired) electrons. The molecule has 10 heavy (non-hydrogen) atoms. The lowest BCUT2D eigenvalue weighted by Gasteiger charge is -1.89. The zero-order valence-corrected chi connectivity index (χ0v) is 7.15. The minimum absolute atomic E-state index is 0.381. The third-order valence-electron chi connectivity index (χ3n) is 1.24. The Labute approximate surface area is 69.7 Å². The Balaban J connectivity index is 2.92. The van der Waals surface area contributed by atoms with Crippen molar-refractivity contribution in [2.24, 2.45) is 0 Å². The number of rotatable bonds is 2. The third kappa shape index (κ3) is 1.44. The molecule has 1 heterocycles. The molecule has 0 aliphatic carbocycles. The summed E-state index contributed by atoms with van der Waals surface area (Å²) in [6, 6.07) is 0. The van der Waals surface area contributed by atoms with Gasteiger partial charge in [0.25, 0.3) is 0 Å². The topological polar surface area (TPSA) is 17.8 Å². The molecule has 56 valence electrons. The lowest BCUT2D eigenvalue weighted by Crippen LogP contribution is -1.94. The zero-order chi connectivity index (χ0) is 7.56. The van der Waals surface area contributed by atoms with E-state index in [2.05, 4.69) is 5.10 Å². The highest BCUT2D eigenvalue weighted by molar-refractivity contribution is 6.32. The van der Waals surface area contributed by atoms with Crippen molar-refractivity contribution >= 4 is 23.2 Å². The number of hydrogen-bond donors (Lipinski definition) is 0. The summed E-state index contributed by atoms with van der Waals surface area (Å²) >= 11 is 11.3. The second-order valence-electron chi connectivity index (χ2n) is 1.91. The summed E-state index contributed by atoms with van der Waals surface area (Å²) in [5.41, 5.74) is 0.755. The summed E-state index contributed by atoms with van der Waals surface area (Å²) in [5.74, 6) is 0.381. The summed E-state index contributed by atoms with van der Waals surface area (Å²) in [7, 11) is 0. The van der Waals surface area contributed by atoms with Gasteiger partial charge < -0.3 is 0 Å². The van der Waals surface area contributed by atoms with Gasteiger partial charge in [-0.25, -0.2) is 0 Å². The van der Waals surface area contributed by atoms with Crippen LogP contribution in [0.3, 0.4) is 0 Å². The number of alkyl halides is 1. The number of nitrogens with zero attached hydrogens (tertiary/aromatic N) is 2. The minimum atomic E-state index is 0.381. The first-order chi connectivity index (χ1) is 4.77. The van der Waals surface area contributed by atoms with Crippen molar-refractivity contribution in [3.8, 4) is 0 Å². The predicted octanol–water partition coefficient (Wildman–Crippen LogP) is 2.30. The molecule has 4 heteroatoms. The van der Waals surface area contributed by atoms with E-state index in [9.17, 15) is 0 Å². The fourth-order valence-electron chi connectivity index (χ4n) is 0.690. The maximum Gasteiger partial charge on any atom is 0.0958 e. The molecule has 0 N–H and O–H groups in total. The van der Waals surface area contributed by atoms with Crippen LogP contribution in [0.2, 0.25) is 5.02 Å². The van der Waals surface area contributed by atoms with E-state index in [1.54, 1.807) is 10.9 Å². The monoisotopic (exact) mass is 178 g/mol. The molecule has 1 rings (SSSR count). The van der Waals surface area contributed by atoms with Crippen LogP contribution in [0.4, 0.5) is 0 Å². The Morgan fingerprint density at radius 2 is 2.40 bits per heavy atom. The van der Waals surface area contributed by atoms with Gasteiger partial charge in [-0.1, -0.05) is 11.6 Å². The summed E-state index contributed by atoms with van der Waals surface area (Å²) in [5, 5.41) is 4.75. The van der Waals surface area contributed by atoms with Gasteiger partial charge in [0.1, 0.15) is 0 Å². The SMILES string of the molecule is CCn1cc(Cl)c(CCl)n1. The molecule has 0 aliphatic heterocycles. The van der Waals surface area contributed by atoms with E-state index in [0.29, 0.717) is 10.9 Å². The number of hydrogen-bond acceptors (Lipinski definition) is 1. The van der Waals surface area contributed by atoms with Crippen LogP contribution in [0, 0.1) is 0 Å². The second-order valence-corrected chi connectivity index (χ2v) is 2.59. The van der Waals surface area contributed by atoms with Crippen LogP contribution < -0.4 is 0 Å². The van der Waals surface area contributed by atoms with Crippen LogP contribution in [-0.2, 0) is 12.4 Å². The third-order valence-corrected chi connectivity index (χ3v) is 1.81. The Hall–Kier alpha value is -0.210. The normalized spacial score (nSPS) is 10.3. The van der Waals surface area contributed by atoms with Crippen molar-refractivity contribution in [2.75, 3.05) is 0 Å². The molecule has 0 saturated heterocycles. The van der Waals surface area contributed by atoms with Gasteiger partial charge in [-0.2, -0.15) is 5.10 Å². The van der Waals surface area contributed by atoms with E-state index in [0.717, 1.165) is 12.2 Å². The maximum atomic E-state index is 5.76. The van der Waals surface area contributed by atoms with Crippen LogP contribution >= 0.6 is 23.2 Å². The number of aromatic nitrogens is 2. The first-order valence-corrected chi connectivity index (χ1v) is 3.97. The molecular weight excluding hydrogens is 171 g/mol. The van der Waals surface area contributed by atoms with Gasteiger partial charge in [0.05, 0.1) is 16.6 Å². The lowest BCUT2D eigenvalue weighted by atomic mass is 10.5. The lowest BCUT2D eigenvalue weighted by molar-refractivity contribution is 0.652. The largest absolute Gasteiger partial charge is 0.271 e. The molecular formula is C6H8Cl2N2. The molecule has 0 unspecified atom stereocenters. The Morgan fingerprint density at radius 3 is 2.70 bits per heavy atom. The highest BCUT2D eigenvalue weighted by Gasteiger charge is 2.02. The van der Waals surface area contributed by atoms with Crippen molar-refractivity contribution in [3.63, 3.8) is 0 Å². The van der Waals surface area contributed by atoms with Crippen LogP contribution in [0.1, 0.15) is 12.6 Å². The molecule has 1 aromatic rings. The van der Waals surface area contributed by atoms with E-state index in [1.807, 2.05) is 6.92 Å². The highest BCUT2D eigenvalue weighted by atomic mass is 35.5. The molecule has 0 bridgehead atoms. The molecule has 2 nitrogen and oxygen atoms in total. The molecule has 0 aliphatic rings. The molecule has 0 spiro atoms. The maximum absolute atomic E-state index is 5.76.